The van der Waals surface area contributed by atoms with Crippen molar-refractivity contribution < 1.29 is 23.9 Å². The molecule has 2 aliphatic rings. The summed E-state index contributed by atoms with van der Waals surface area (Å²) in [6.07, 6.45) is 5.18. The molecule has 33 heavy (non-hydrogen) atoms. The zero-order valence-corrected chi connectivity index (χ0v) is 20.0. The molecule has 6 N–H and O–H groups in total. The number of ether oxygens (including phenoxy) is 2. The number of nitrogens with one attached hydrogen (secondary N) is 2. The van der Waals surface area contributed by atoms with Crippen LogP contribution in [-0.2, 0) is 23.9 Å². The number of amides is 1. The summed E-state index contributed by atoms with van der Waals surface area (Å²) in [7, 11) is 1.53. The second kappa shape index (κ2) is 13.3. The molecule has 1 aliphatic heterocycles. The minimum atomic E-state index is -0.577. The third-order valence-electron chi connectivity index (χ3n) is 6.59. The van der Waals surface area contributed by atoms with E-state index in [2.05, 4.69) is 16.0 Å². The van der Waals surface area contributed by atoms with Crippen molar-refractivity contribution in [2.24, 2.45) is 34.4 Å². The van der Waals surface area contributed by atoms with Gasteiger partial charge in [0.05, 0.1) is 13.0 Å². The lowest BCUT2D eigenvalue weighted by Gasteiger charge is -2.42. The monoisotopic (exact) mass is 468 g/mol. The van der Waals surface area contributed by atoms with Gasteiger partial charge in [-0.25, -0.2) is 11.4 Å². The largest absolute Gasteiger partial charge is 0.465 e. The van der Waals surface area contributed by atoms with Crippen LogP contribution in [0.25, 0.3) is 0 Å². The molecule has 0 aromatic rings. The molecule has 11 nitrogen and oxygen atoms in total. The quantitative estimate of drug-likeness (QED) is 0.109. The van der Waals surface area contributed by atoms with Gasteiger partial charge in [0.2, 0.25) is 5.91 Å². The summed E-state index contributed by atoms with van der Waals surface area (Å²) >= 11 is 0. The molecule has 0 radical (unpaired) electrons. The topological polar surface area (TPSA) is 161 Å². The van der Waals surface area contributed by atoms with E-state index in [9.17, 15) is 14.4 Å². The molecule has 1 saturated heterocycles. The highest BCUT2D eigenvalue weighted by molar-refractivity contribution is 5.82. The number of nitrogens with zero attached hydrogens (tertiary/aromatic N) is 2. The Morgan fingerprint density at radius 3 is 2.70 bits per heavy atom. The lowest BCUT2D eigenvalue weighted by molar-refractivity contribution is -0.156. The molecule has 0 aromatic heterocycles. The number of fused-ring (bicyclic) bond motifs is 1. The summed E-state index contributed by atoms with van der Waals surface area (Å²) in [5.41, 5.74) is 8.04. The molecule has 2 fully saturated rings. The molecule has 0 bridgehead atoms. The average molecular weight is 469 g/mol. The van der Waals surface area contributed by atoms with Crippen LogP contribution in [0.1, 0.15) is 58.8 Å². The van der Waals surface area contributed by atoms with E-state index >= 15 is 0 Å². The zero-order valence-electron chi connectivity index (χ0n) is 20.0. The smallest absolute Gasteiger partial charge is 0.325 e. The highest BCUT2D eigenvalue weighted by Gasteiger charge is 2.38. The van der Waals surface area contributed by atoms with Crippen LogP contribution >= 0.6 is 0 Å². The van der Waals surface area contributed by atoms with Gasteiger partial charge in [-0.2, -0.15) is 5.10 Å². The number of carbonyl (C=O) groups excluding carboxylic acids is 3. The Labute approximate surface area is 195 Å². The maximum atomic E-state index is 12.7. The molecule has 188 valence electrons. The molecule has 1 heterocycles. The van der Waals surface area contributed by atoms with Gasteiger partial charge >= 0.3 is 11.9 Å². The van der Waals surface area contributed by atoms with Crippen molar-refractivity contribution in [1.82, 2.24) is 15.8 Å². The van der Waals surface area contributed by atoms with Crippen LogP contribution in [0.2, 0.25) is 0 Å². The number of hydrazone groups is 1. The lowest BCUT2D eigenvalue weighted by Crippen LogP contribution is -2.50. The molecule has 11 heteroatoms. The van der Waals surface area contributed by atoms with Crippen LogP contribution in [-0.4, -0.2) is 67.5 Å². The number of hydrazine groups is 1. The molecular formula is C22H40N6O5. The summed E-state index contributed by atoms with van der Waals surface area (Å²) in [6.45, 7) is 4.34. The van der Waals surface area contributed by atoms with Gasteiger partial charge in [0.25, 0.3) is 0 Å². The Balaban J connectivity index is 1.78. The SMILES string of the molecule is CCOC(=O)CN(C)C(=O)CC(C)OC(=O)C1CC2CC(CC/C(N)=N/NN)CCC2CN1. The van der Waals surface area contributed by atoms with Crippen molar-refractivity contribution in [1.29, 1.82) is 0 Å². The van der Waals surface area contributed by atoms with Gasteiger partial charge in [0.1, 0.15) is 24.5 Å². The molecule has 5 unspecified atom stereocenters. The number of nitrogens with two attached hydrogens (primary N) is 2. The van der Waals surface area contributed by atoms with E-state index in [1.807, 2.05) is 0 Å². The fraction of sp³-hybridized carbons (Fsp3) is 0.818. The van der Waals surface area contributed by atoms with Gasteiger partial charge < -0.3 is 25.4 Å². The molecule has 5 atom stereocenters. The fourth-order valence-corrected chi connectivity index (χ4v) is 4.81. The third-order valence-corrected chi connectivity index (χ3v) is 6.59. The van der Waals surface area contributed by atoms with Crippen molar-refractivity contribution in [2.75, 3.05) is 26.7 Å². The Morgan fingerprint density at radius 2 is 2.00 bits per heavy atom. The predicted molar refractivity (Wildman–Crippen MR) is 123 cm³/mol. The molecule has 0 spiro atoms. The van der Waals surface area contributed by atoms with Crippen LogP contribution in [0.3, 0.4) is 0 Å². The van der Waals surface area contributed by atoms with Crippen molar-refractivity contribution in [3.05, 3.63) is 0 Å². The Kier molecular flexibility index (Phi) is 10.9. The number of rotatable bonds is 11. The first kappa shape index (κ1) is 26.8. The van der Waals surface area contributed by atoms with E-state index in [0.717, 1.165) is 38.6 Å². The predicted octanol–water partition coefficient (Wildman–Crippen LogP) is 0.240. The summed E-state index contributed by atoms with van der Waals surface area (Å²) in [6, 6.07) is -0.368. The summed E-state index contributed by atoms with van der Waals surface area (Å²) in [5.74, 6) is 6.19. The maximum absolute atomic E-state index is 12.7. The molecule has 1 amide bonds. The van der Waals surface area contributed by atoms with Gasteiger partial charge in [-0.05, 0) is 63.8 Å². The van der Waals surface area contributed by atoms with Gasteiger partial charge in [-0.15, -0.1) is 0 Å². The van der Waals surface area contributed by atoms with Crippen LogP contribution in [0.15, 0.2) is 5.10 Å². The molecule has 2 rings (SSSR count). The highest BCUT2D eigenvalue weighted by atomic mass is 16.5. The number of amidine groups is 1. The van der Waals surface area contributed by atoms with E-state index in [4.69, 9.17) is 21.1 Å². The average Bonchev–Trinajstić information content (AvgIpc) is 2.77. The van der Waals surface area contributed by atoms with Crippen LogP contribution < -0.4 is 22.4 Å². The summed E-state index contributed by atoms with van der Waals surface area (Å²) < 4.78 is 10.4. The van der Waals surface area contributed by atoms with Crippen LogP contribution in [0, 0.1) is 17.8 Å². The van der Waals surface area contributed by atoms with Crippen molar-refractivity contribution in [2.45, 2.75) is 70.9 Å². The van der Waals surface area contributed by atoms with Crippen LogP contribution in [0.5, 0.6) is 0 Å². The molecule has 1 aliphatic carbocycles. The van der Waals surface area contributed by atoms with E-state index in [1.165, 1.54) is 11.9 Å². The number of piperidine rings is 1. The number of carbonyl (C=O) groups is 3. The Hall–Kier alpha value is -2.40. The van der Waals surface area contributed by atoms with Gasteiger partial charge in [-0.1, -0.05) is 6.42 Å². The first-order valence-corrected chi connectivity index (χ1v) is 11.8. The molecule has 1 saturated carbocycles. The molecular weight excluding hydrogens is 428 g/mol. The minimum absolute atomic E-state index is 0.0170. The number of likely N-dealkylation sites (N-methyl/N-ethyl adjacent to an activating group) is 1. The normalized spacial score (nSPS) is 26.0. The van der Waals surface area contributed by atoms with E-state index < -0.39 is 12.1 Å². The van der Waals surface area contributed by atoms with Gasteiger partial charge in [0.15, 0.2) is 0 Å². The van der Waals surface area contributed by atoms with Crippen molar-refractivity contribution in [3.63, 3.8) is 0 Å². The third kappa shape index (κ3) is 8.81. The summed E-state index contributed by atoms with van der Waals surface area (Å²) in [5, 5.41) is 7.14. The van der Waals surface area contributed by atoms with E-state index in [1.54, 1.807) is 13.8 Å². The summed E-state index contributed by atoms with van der Waals surface area (Å²) in [4.78, 5) is 37.9. The minimum Gasteiger partial charge on any atom is -0.465 e. The lowest BCUT2D eigenvalue weighted by atomic mass is 9.69. The van der Waals surface area contributed by atoms with Crippen LogP contribution in [0.4, 0.5) is 0 Å². The Morgan fingerprint density at radius 1 is 1.24 bits per heavy atom. The van der Waals surface area contributed by atoms with E-state index in [0.29, 0.717) is 30.0 Å². The number of esters is 2. The van der Waals surface area contributed by atoms with Gasteiger partial charge in [0, 0.05) is 13.5 Å². The second-order valence-electron chi connectivity index (χ2n) is 9.17. The first-order chi connectivity index (χ1) is 15.7. The van der Waals surface area contributed by atoms with E-state index in [-0.39, 0.29) is 37.5 Å². The Bertz CT molecular complexity index is 703. The zero-order chi connectivity index (χ0) is 24.4. The fourth-order valence-electron chi connectivity index (χ4n) is 4.81. The maximum Gasteiger partial charge on any atom is 0.325 e. The first-order valence-electron chi connectivity index (χ1n) is 11.8. The van der Waals surface area contributed by atoms with Crippen molar-refractivity contribution in [3.8, 4) is 0 Å². The molecule has 0 aromatic carbocycles. The number of hydrogen-bond acceptors (Lipinski definition) is 9. The van der Waals surface area contributed by atoms with Gasteiger partial charge in [-0.3, -0.25) is 14.4 Å². The van der Waals surface area contributed by atoms with Crippen molar-refractivity contribution >= 4 is 23.7 Å². The number of hydrogen-bond donors (Lipinski definition) is 4. The standard InChI is InChI=1S/C22H40N6O5/c1-4-32-21(30)13-28(3)20(29)9-14(2)33-22(31)18-11-17-10-15(5-7-16(17)12-25-18)6-8-19(23)26-27-24/h14-18,25,27H,4-13,24H2,1-3H3,(H2,23,26). The second-order valence-corrected chi connectivity index (χ2v) is 9.17. The highest BCUT2D eigenvalue weighted by Crippen LogP contribution is 2.40.